The van der Waals surface area contributed by atoms with E-state index in [1.165, 1.54) is 14.1 Å². The molecule has 22 heavy (non-hydrogen) atoms. The Kier molecular flexibility index (Phi) is 5.71. The molecule has 0 aromatic carbocycles. The van der Waals surface area contributed by atoms with Crippen LogP contribution in [0.1, 0.15) is 37.6 Å². The minimum Gasteiger partial charge on any atom is -0.384 e. The van der Waals surface area contributed by atoms with Gasteiger partial charge in [-0.05, 0) is 26.3 Å². The van der Waals surface area contributed by atoms with E-state index in [0.29, 0.717) is 5.92 Å². The minimum absolute atomic E-state index is 0.0805. The summed E-state index contributed by atoms with van der Waals surface area (Å²) in [6, 6.07) is 0.210. The monoisotopic (exact) mass is 310 g/mol. The van der Waals surface area contributed by atoms with Crippen molar-refractivity contribution in [1.82, 2.24) is 14.0 Å². The Hall–Kier alpha value is -1.89. The van der Waals surface area contributed by atoms with Crippen molar-refractivity contribution in [2.24, 2.45) is 20.0 Å². The standard InChI is InChI=1S/C15H26N4O3/c1-9(2)7-10(3)17(4)8-11(20)12-13(16)18(5)15(22)19(6)14(12)21/h9-10H,7-8,16H2,1-6H3/t10-/m1/s1. The van der Waals surface area contributed by atoms with E-state index in [9.17, 15) is 14.4 Å². The van der Waals surface area contributed by atoms with Crippen LogP contribution in [0, 0.1) is 5.92 Å². The smallest absolute Gasteiger partial charge is 0.332 e. The lowest BCUT2D eigenvalue weighted by atomic mass is 10.0. The second-order valence-electron chi connectivity index (χ2n) is 6.28. The van der Waals surface area contributed by atoms with Gasteiger partial charge in [0.25, 0.3) is 5.56 Å². The van der Waals surface area contributed by atoms with Crippen LogP contribution in [-0.2, 0) is 14.1 Å². The van der Waals surface area contributed by atoms with Gasteiger partial charge in [0, 0.05) is 20.1 Å². The highest BCUT2D eigenvalue weighted by atomic mass is 16.2. The number of nitrogen functional groups attached to an aromatic ring is 1. The molecule has 0 saturated heterocycles. The molecule has 124 valence electrons. The predicted molar refractivity (Wildman–Crippen MR) is 87.2 cm³/mol. The summed E-state index contributed by atoms with van der Waals surface area (Å²) < 4.78 is 2.02. The van der Waals surface area contributed by atoms with E-state index in [-0.39, 0.29) is 29.8 Å². The second-order valence-corrected chi connectivity index (χ2v) is 6.28. The number of nitrogens with two attached hydrogens (primary N) is 1. The fourth-order valence-electron chi connectivity index (χ4n) is 2.45. The van der Waals surface area contributed by atoms with Gasteiger partial charge >= 0.3 is 5.69 Å². The number of likely N-dealkylation sites (N-methyl/N-ethyl adjacent to an activating group) is 1. The number of Topliss-reactive ketones (excluding diaryl/α,β-unsaturated/α-hetero) is 1. The summed E-state index contributed by atoms with van der Waals surface area (Å²) in [5.41, 5.74) is 4.50. The summed E-state index contributed by atoms with van der Waals surface area (Å²) in [5, 5.41) is 0. The molecule has 0 bridgehead atoms. The van der Waals surface area contributed by atoms with E-state index >= 15 is 0 Å². The molecular formula is C15H26N4O3. The molecule has 0 unspecified atom stereocenters. The number of rotatable bonds is 6. The summed E-state index contributed by atoms with van der Waals surface area (Å²) in [6.07, 6.45) is 0.949. The minimum atomic E-state index is -0.643. The highest BCUT2D eigenvalue weighted by Crippen LogP contribution is 2.11. The summed E-state index contributed by atoms with van der Waals surface area (Å²) >= 11 is 0. The largest absolute Gasteiger partial charge is 0.384 e. The summed E-state index contributed by atoms with van der Waals surface area (Å²) in [5.74, 6) is 0.0675. The Labute approximate surface area is 130 Å². The number of anilines is 1. The van der Waals surface area contributed by atoms with E-state index < -0.39 is 11.2 Å². The van der Waals surface area contributed by atoms with Gasteiger partial charge in [0.1, 0.15) is 11.4 Å². The molecule has 1 rings (SSSR count). The highest BCUT2D eigenvalue weighted by molar-refractivity contribution is 6.01. The molecule has 7 nitrogen and oxygen atoms in total. The lowest BCUT2D eigenvalue weighted by Gasteiger charge is -2.25. The van der Waals surface area contributed by atoms with Crippen LogP contribution < -0.4 is 17.0 Å². The van der Waals surface area contributed by atoms with Crippen LogP contribution in [0.2, 0.25) is 0 Å². The zero-order chi connectivity index (χ0) is 17.2. The van der Waals surface area contributed by atoms with Crippen LogP contribution in [0.3, 0.4) is 0 Å². The Morgan fingerprint density at radius 2 is 1.73 bits per heavy atom. The Morgan fingerprint density at radius 1 is 1.18 bits per heavy atom. The van der Waals surface area contributed by atoms with E-state index in [1.54, 1.807) is 0 Å². The molecule has 7 heteroatoms. The molecule has 1 aromatic rings. The third kappa shape index (κ3) is 3.65. The van der Waals surface area contributed by atoms with E-state index in [4.69, 9.17) is 5.73 Å². The van der Waals surface area contributed by atoms with Crippen LogP contribution >= 0.6 is 0 Å². The normalized spacial score (nSPS) is 12.9. The predicted octanol–water partition coefficient (Wildman–Crippen LogP) is 0.215. The van der Waals surface area contributed by atoms with Gasteiger partial charge in [-0.15, -0.1) is 0 Å². The van der Waals surface area contributed by atoms with Crippen LogP contribution in [0.15, 0.2) is 9.59 Å². The Morgan fingerprint density at radius 3 is 2.23 bits per heavy atom. The van der Waals surface area contributed by atoms with E-state index in [2.05, 4.69) is 13.8 Å². The molecular weight excluding hydrogens is 284 g/mol. The number of carbonyl (C=O) groups excluding carboxylic acids is 1. The van der Waals surface area contributed by atoms with Gasteiger partial charge in [0.15, 0.2) is 5.78 Å². The molecule has 0 radical (unpaired) electrons. The molecule has 1 heterocycles. The maximum absolute atomic E-state index is 12.5. The van der Waals surface area contributed by atoms with Crippen LogP contribution in [0.25, 0.3) is 0 Å². The molecule has 0 aliphatic rings. The molecule has 0 saturated carbocycles. The van der Waals surface area contributed by atoms with Gasteiger partial charge < -0.3 is 5.73 Å². The molecule has 2 N–H and O–H groups in total. The number of ketones is 1. The zero-order valence-corrected chi connectivity index (χ0v) is 14.2. The number of nitrogens with zero attached hydrogens (tertiary/aromatic N) is 3. The SMILES string of the molecule is CC(C)C[C@@H](C)N(C)CC(=O)c1c(N)n(C)c(=O)n(C)c1=O. The average Bonchev–Trinajstić information content (AvgIpc) is 2.42. The van der Waals surface area contributed by atoms with Gasteiger partial charge in [-0.3, -0.25) is 23.6 Å². The summed E-state index contributed by atoms with van der Waals surface area (Å²) in [4.78, 5) is 38.3. The molecule has 0 aliphatic heterocycles. The van der Waals surface area contributed by atoms with Crippen molar-refractivity contribution in [2.45, 2.75) is 33.2 Å². The maximum atomic E-state index is 12.5. The number of carbonyl (C=O) groups is 1. The van der Waals surface area contributed by atoms with Gasteiger partial charge in [-0.1, -0.05) is 13.8 Å². The fourth-order valence-corrected chi connectivity index (χ4v) is 2.45. The maximum Gasteiger partial charge on any atom is 0.332 e. The first-order valence-corrected chi connectivity index (χ1v) is 7.36. The van der Waals surface area contributed by atoms with Crippen molar-refractivity contribution in [1.29, 1.82) is 0 Å². The van der Waals surface area contributed by atoms with Crippen LogP contribution in [0.4, 0.5) is 5.82 Å². The van der Waals surface area contributed by atoms with E-state index in [1.807, 2.05) is 18.9 Å². The molecule has 1 aromatic heterocycles. The Balaban J connectivity index is 3.10. The summed E-state index contributed by atoms with van der Waals surface area (Å²) in [6.45, 7) is 6.36. The first-order valence-electron chi connectivity index (χ1n) is 7.36. The fraction of sp³-hybridized carbons (Fsp3) is 0.667. The molecule has 0 aliphatic carbocycles. The first-order chi connectivity index (χ1) is 10.1. The van der Waals surface area contributed by atoms with Gasteiger partial charge in [-0.2, -0.15) is 0 Å². The lowest BCUT2D eigenvalue weighted by Crippen LogP contribution is -2.43. The van der Waals surface area contributed by atoms with Crippen LogP contribution in [0.5, 0.6) is 0 Å². The van der Waals surface area contributed by atoms with Crippen molar-refractivity contribution >= 4 is 11.6 Å². The average molecular weight is 310 g/mol. The second kappa shape index (κ2) is 6.91. The van der Waals surface area contributed by atoms with Crippen molar-refractivity contribution in [3.63, 3.8) is 0 Å². The molecule has 1 atom stereocenters. The first kappa shape index (κ1) is 18.2. The summed E-state index contributed by atoms with van der Waals surface area (Å²) in [7, 11) is 4.62. The van der Waals surface area contributed by atoms with Gasteiger partial charge in [0.05, 0.1) is 6.54 Å². The molecule has 0 spiro atoms. The molecule has 0 fully saturated rings. The third-order valence-corrected chi connectivity index (χ3v) is 3.95. The van der Waals surface area contributed by atoms with Crippen LogP contribution in [-0.4, -0.2) is 39.5 Å². The van der Waals surface area contributed by atoms with Gasteiger partial charge in [0.2, 0.25) is 0 Å². The van der Waals surface area contributed by atoms with Crippen molar-refractivity contribution in [3.05, 3.63) is 26.4 Å². The zero-order valence-electron chi connectivity index (χ0n) is 14.2. The van der Waals surface area contributed by atoms with Crippen molar-refractivity contribution < 1.29 is 4.79 Å². The van der Waals surface area contributed by atoms with Crippen molar-refractivity contribution in [3.8, 4) is 0 Å². The number of hydrogen-bond donors (Lipinski definition) is 1. The topological polar surface area (TPSA) is 90.3 Å². The number of aromatic nitrogens is 2. The third-order valence-electron chi connectivity index (χ3n) is 3.95. The van der Waals surface area contributed by atoms with Gasteiger partial charge in [-0.25, -0.2) is 4.79 Å². The highest BCUT2D eigenvalue weighted by Gasteiger charge is 2.22. The number of hydrogen-bond acceptors (Lipinski definition) is 5. The lowest BCUT2D eigenvalue weighted by molar-refractivity contribution is 0.0914. The molecule has 0 amide bonds. The van der Waals surface area contributed by atoms with Crippen molar-refractivity contribution in [2.75, 3.05) is 19.3 Å². The Bertz CT molecular complexity index is 673. The quantitative estimate of drug-likeness (QED) is 0.759. The van der Waals surface area contributed by atoms with E-state index in [0.717, 1.165) is 15.6 Å².